The van der Waals surface area contributed by atoms with Crippen LogP contribution in [0.15, 0.2) is 24.3 Å². The molecule has 0 amide bonds. The molecule has 0 saturated heterocycles. The fourth-order valence-corrected chi connectivity index (χ4v) is 1.16. The zero-order valence-electron chi connectivity index (χ0n) is 10.6. The molecule has 0 fully saturated rings. The molecule has 0 spiro atoms. The minimum absolute atomic E-state index is 0.0357. The third-order valence-electron chi connectivity index (χ3n) is 1.97. The average Bonchev–Trinajstić information content (AvgIpc) is 2.35. The summed E-state index contributed by atoms with van der Waals surface area (Å²) >= 11 is 0. The van der Waals surface area contributed by atoms with Crippen LogP contribution in [-0.4, -0.2) is 25.5 Å². The second-order valence-electron chi connectivity index (χ2n) is 3.27. The van der Waals surface area contributed by atoms with Crippen molar-refractivity contribution in [3.05, 3.63) is 29.8 Å². The molecule has 0 aliphatic rings. The maximum atomic E-state index is 11.3. The van der Waals surface area contributed by atoms with Gasteiger partial charge in [0.05, 0.1) is 6.54 Å². The Kier molecular flexibility index (Phi) is 5.05. The van der Waals surface area contributed by atoms with Crippen LogP contribution in [0.4, 0.5) is 0 Å². The van der Waals surface area contributed by atoms with E-state index in [9.17, 15) is 9.59 Å². The first kappa shape index (κ1) is 11.6. The molecule has 0 aromatic heterocycles. The third-order valence-corrected chi connectivity index (χ3v) is 1.97. The first-order chi connectivity index (χ1) is 8.61. The van der Waals surface area contributed by atoms with Gasteiger partial charge in [0.1, 0.15) is 12.4 Å². The lowest BCUT2D eigenvalue weighted by Crippen LogP contribution is -2.26. The van der Waals surface area contributed by atoms with Gasteiger partial charge < -0.3 is 14.8 Å². The molecule has 1 aromatic rings. The molecule has 0 bridgehead atoms. The van der Waals surface area contributed by atoms with Crippen molar-refractivity contribution < 1.29 is 20.4 Å². The molecule has 92 valence electrons. The van der Waals surface area contributed by atoms with Crippen molar-refractivity contribution in [1.82, 2.24) is 5.32 Å². The highest BCUT2D eigenvalue weighted by molar-refractivity contribution is 5.74. The van der Waals surface area contributed by atoms with Gasteiger partial charge in [-0.1, -0.05) is 19.1 Å². The number of carbonyl (C=O) groups excluding carboxylic acids is 2. The van der Waals surface area contributed by atoms with Crippen LogP contribution in [0.2, 0.25) is 0 Å². The number of hydrogen-bond acceptors (Lipinski definition) is 5. The van der Waals surface area contributed by atoms with Gasteiger partial charge in [0.2, 0.25) is 0 Å². The van der Waals surface area contributed by atoms with E-state index in [2.05, 4.69) is 10.1 Å². The summed E-state index contributed by atoms with van der Waals surface area (Å²) in [6.07, 6.45) is -1.07. The predicted octanol–water partition coefficient (Wildman–Crippen LogP) is 0.874. The Morgan fingerprint density at radius 2 is 2.18 bits per heavy atom. The van der Waals surface area contributed by atoms with Crippen LogP contribution in [0.5, 0.6) is 5.75 Å². The Hall–Kier alpha value is -1.88. The smallest absolute Gasteiger partial charge is 0.325 e. The Bertz CT molecular complexity index is 405. The number of likely N-dealkylation sites (N-methyl/N-ethyl adjacent to an activating group) is 1. The molecule has 0 aliphatic carbocycles. The average molecular weight is 238 g/mol. The largest absolute Gasteiger partial charge is 0.463 e. The number of hydrogen-bond donors (Lipinski definition) is 1. The molecular weight excluding hydrogens is 222 g/mol. The summed E-state index contributed by atoms with van der Waals surface area (Å²) in [5.41, 5.74) is 0.724. The first-order valence-corrected chi connectivity index (χ1v) is 5.25. The lowest BCUT2D eigenvalue weighted by atomic mass is 10.2. The molecule has 1 N–H and O–H groups in total. The number of esters is 1. The van der Waals surface area contributed by atoms with Crippen LogP contribution >= 0.6 is 0 Å². The van der Waals surface area contributed by atoms with Gasteiger partial charge in [-0.3, -0.25) is 9.59 Å². The SMILES string of the molecule is [2H]C(=O)OCc1ccc(OC(=O)CNCC)cc1. The van der Waals surface area contributed by atoms with E-state index in [1.54, 1.807) is 24.3 Å². The third kappa shape index (κ3) is 5.12. The van der Waals surface area contributed by atoms with E-state index in [0.717, 1.165) is 5.56 Å². The van der Waals surface area contributed by atoms with E-state index in [1.807, 2.05) is 6.92 Å². The number of benzene rings is 1. The van der Waals surface area contributed by atoms with E-state index in [4.69, 9.17) is 6.11 Å². The van der Waals surface area contributed by atoms with Crippen LogP contribution in [-0.2, 0) is 20.9 Å². The summed E-state index contributed by atoms with van der Waals surface area (Å²) < 4.78 is 16.2. The topological polar surface area (TPSA) is 64.6 Å². The van der Waals surface area contributed by atoms with E-state index in [-0.39, 0.29) is 19.1 Å². The van der Waals surface area contributed by atoms with Crippen molar-refractivity contribution in [2.24, 2.45) is 0 Å². The Morgan fingerprint density at radius 3 is 2.76 bits per heavy atom. The Morgan fingerprint density at radius 1 is 1.47 bits per heavy atom. The molecule has 1 rings (SSSR count). The van der Waals surface area contributed by atoms with Gasteiger partial charge in [-0.2, -0.15) is 0 Å². The minimum atomic E-state index is -1.07. The van der Waals surface area contributed by atoms with Crippen LogP contribution < -0.4 is 10.1 Å². The van der Waals surface area contributed by atoms with Gasteiger partial charge in [0.15, 0.2) is 1.37 Å². The highest BCUT2D eigenvalue weighted by Crippen LogP contribution is 2.12. The Balaban J connectivity index is 2.44. The lowest BCUT2D eigenvalue weighted by molar-refractivity contribution is -0.133. The number of carbonyl (C=O) groups is 2. The van der Waals surface area contributed by atoms with E-state index in [0.29, 0.717) is 12.3 Å². The van der Waals surface area contributed by atoms with Crippen molar-refractivity contribution in [3.63, 3.8) is 0 Å². The highest BCUT2D eigenvalue weighted by Gasteiger charge is 2.03. The number of rotatable bonds is 6. The van der Waals surface area contributed by atoms with Crippen molar-refractivity contribution >= 4 is 12.4 Å². The zero-order chi connectivity index (χ0) is 13.4. The molecule has 5 nitrogen and oxygen atoms in total. The van der Waals surface area contributed by atoms with Gasteiger partial charge >= 0.3 is 5.97 Å². The maximum Gasteiger partial charge on any atom is 0.325 e. The van der Waals surface area contributed by atoms with Crippen molar-refractivity contribution in [2.75, 3.05) is 13.1 Å². The van der Waals surface area contributed by atoms with Gasteiger partial charge in [0.25, 0.3) is 6.45 Å². The molecule has 1 aromatic carbocycles. The summed E-state index contributed by atoms with van der Waals surface area (Å²) in [5, 5.41) is 2.86. The van der Waals surface area contributed by atoms with Crippen molar-refractivity contribution in [2.45, 2.75) is 13.5 Å². The van der Waals surface area contributed by atoms with Crippen LogP contribution in [0.1, 0.15) is 13.9 Å². The first-order valence-electron chi connectivity index (χ1n) is 5.75. The van der Waals surface area contributed by atoms with Crippen LogP contribution in [0.3, 0.4) is 0 Å². The van der Waals surface area contributed by atoms with Gasteiger partial charge in [-0.15, -0.1) is 0 Å². The number of ether oxygens (including phenoxy) is 2. The summed E-state index contributed by atoms with van der Waals surface area (Å²) in [6, 6.07) is 6.55. The quantitative estimate of drug-likeness (QED) is 0.452. The summed E-state index contributed by atoms with van der Waals surface area (Å²) in [6.45, 7) is 2.80. The standard InChI is InChI=1S/C12H15NO4/c1-2-13-7-12(15)17-11-5-3-10(4-6-11)8-16-9-14/h3-6,9,13H,2,7-8H2,1H3/i9D. The molecule has 0 atom stereocenters. The summed E-state index contributed by atoms with van der Waals surface area (Å²) in [4.78, 5) is 21.6. The van der Waals surface area contributed by atoms with Crippen LogP contribution in [0.25, 0.3) is 0 Å². The van der Waals surface area contributed by atoms with Gasteiger partial charge in [-0.05, 0) is 24.2 Å². The highest BCUT2D eigenvalue weighted by atomic mass is 16.5. The fraction of sp³-hybridized carbons (Fsp3) is 0.333. The van der Waals surface area contributed by atoms with E-state index >= 15 is 0 Å². The fourth-order valence-electron chi connectivity index (χ4n) is 1.16. The maximum absolute atomic E-state index is 11.3. The van der Waals surface area contributed by atoms with Crippen molar-refractivity contribution in [3.8, 4) is 5.75 Å². The molecule has 5 heteroatoms. The normalized spacial score (nSPS) is 10.5. The molecule has 0 heterocycles. The second-order valence-corrected chi connectivity index (χ2v) is 3.27. The monoisotopic (exact) mass is 238 g/mol. The minimum Gasteiger partial charge on any atom is -0.463 e. The van der Waals surface area contributed by atoms with Gasteiger partial charge in [0, 0.05) is 0 Å². The summed E-state index contributed by atoms with van der Waals surface area (Å²) in [7, 11) is 0. The number of nitrogens with one attached hydrogen (secondary N) is 1. The van der Waals surface area contributed by atoms with E-state index < -0.39 is 6.45 Å². The second kappa shape index (κ2) is 7.40. The lowest BCUT2D eigenvalue weighted by Gasteiger charge is -2.05. The molecule has 0 radical (unpaired) electrons. The zero-order valence-corrected chi connectivity index (χ0v) is 9.56. The van der Waals surface area contributed by atoms with Gasteiger partial charge in [-0.25, -0.2) is 0 Å². The molecule has 0 aliphatic heterocycles. The van der Waals surface area contributed by atoms with Crippen LogP contribution in [0, 0.1) is 0 Å². The van der Waals surface area contributed by atoms with E-state index in [1.165, 1.54) is 0 Å². The van der Waals surface area contributed by atoms with Crippen molar-refractivity contribution in [1.29, 1.82) is 0 Å². The molecule has 17 heavy (non-hydrogen) atoms. The molecule has 0 saturated carbocycles. The Labute approximate surface area is 101 Å². The summed E-state index contributed by atoms with van der Waals surface area (Å²) in [5.74, 6) is 0.0704. The molecular formula is C12H15NO4. The molecule has 0 unspecified atom stereocenters. The predicted molar refractivity (Wildman–Crippen MR) is 61.5 cm³/mol.